The van der Waals surface area contributed by atoms with Gasteiger partial charge < -0.3 is 18.8 Å². The molecular weight excluding hydrogens is 521 g/mol. The summed E-state index contributed by atoms with van der Waals surface area (Å²) in [5.74, 6) is 2.24. The van der Waals surface area contributed by atoms with E-state index in [0.717, 1.165) is 73.6 Å². The van der Waals surface area contributed by atoms with E-state index in [4.69, 9.17) is 29.4 Å². The van der Waals surface area contributed by atoms with E-state index in [2.05, 4.69) is 22.6 Å². The molecular formula is C32H34FN5O3. The highest BCUT2D eigenvalue weighted by atomic mass is 19.1. The number of para-hydroxylation sites is 1. The summed E-state index contributed by atoms with van der Waals surface area (Å²) in [7, 11) is 3.83. The number of benzene rings is 2. The van der Waals surface area contributed by atoms with Crippen LogP contribution in [0.1, 0.15) is 54.2 Å². The molecule has 6 rings (SSSR count). The second-order valence-electron chi connectivity index (χ2n) is 10.9. The highest BCUT2D eigenvalue weighted by Gasteiger charge is 2.31. The summed E-state index contributed by atoms with van der Waals surface area (Å²) in [5.41, 5.74) is 3.68. The number of rotatable bonds is 9. The Bertz CT molecular complexity index is 1570. The number of piperidine rings is 1. The summed E-state index contributed by atoms with van der Waals surface area (Å²) in [6.07, 6.45) is 4.29. The molecule has 9 heteroatoms. The zero-order chi connectivity index (χ0) is 28.3. The monoisotopic (exact) mass is 555 g/mol. The summed E-state index contributed by atoms with van der Waals surface area (Å²) in [5, 5.41) is 8.93. The van der Waals surface area contributed by atoms with Crippen LogP contribution in [0.15, 0.2) is 54.6 Å². The number of halogens is 1. The molecule has 0 spiro atoms. The van der Waals surface area contributed by atoms with Crippen LogP contribution < -0.4 is 9.47 Å². The SMILES string of the molecule is COC1CC(Oc2cccc3c2nc(CN2CCC(c4cccc(OCc5ccc(C#N)cc5F)n4)CC2)n3C)C1. The molecule has 3 heterocycles. The van der Waals surface area contributed by atoms with E-state index in [1.54, 1.807) is 25.3 Å². The Labute approximate surface area is 239 Å². The standard InChI is InChI=1S/C32H34FN5O3/c1-37-28-6-4-7-29(41-25-16-24(17-25)39-2)32(28)36-30(37)19-38-13-11-22(12-14-38)27-5-3-8-31(35-27)40-20-23-10-9-21(18-34)15-26(23)33/h3-10,15,22,24-25H,11-14,16-17,19-20H2,1-2H3. The van der Waals surface area contributed by atoms with E-state index in [9.17, 15) is 4.39 Å². The van der Waals surface area contributed by atoms with Gasteiger partial charge in [-0.2, -0.15) is 5.26 Å². The number of pyridine rings is 1. The summed E-state index contributed by atoms with van der Waals surface area (Å²) in [6.45, 7) is 2.73. The number of hydrogen-bond donors (Lipinski definition) is 0. The number of fused-ring (bicyclic) bond motifs is 1. The number of nitriles is 1. The van der Waals surface area contributed by atoms with Crippen molar-refractivity contribution in [3.63, 3.8) is 0 Å². The van der Waals surface area contributed by atoms with Crippen molar-refractivity contribution in [1.82, 2.24) is 19.4 Å². The molecule has 0 N–H and O–H groups in total. The predicted octanol–water partition coefficient (Wildman–Crippen LogP) is 5.49. The first-order chi connectivity index (χ1) is 20.0. The van der Waals surface area contributed by atoms with Gasteiger partial charge in [0.15, 0.2) is 0 Å². The lowest BCUT2D eigenvalue weighted by Gasteiger charge is -2.34. The Morgan fingerprint density at radius 3 is 2.59 bits per heavy atom. The molecule has 0 unspecified atom stereocenters. The third kappa shape index (κ3) is 5.90. The third-order valence-corrected chi connectivity index (χ3v) is 8.32. The lowest BCUT2D eigenvalue weighted by molar-refractivity contribution is -0.0376. The Morgan fingerprint density at radius 1 is 1.02 bits per heavy atom. The fourth-order valence-electron chi connectivity index (χ4n) is 5.67. The number of imidazole rings is 1. The predicted molar refractivity (Wildman–Crippen MR) is 152 cm³/mol. The van der Waals surface area contributed by atoms with Crippen LogP contribution in [0.5, 0.6) is 11.6 Å². The first-order valence-electron chi connectivity index (χ1n) is 14.1. The van der Waals surface area contributed by atoms with Crippen LogP contribution >= 0.6 is 0 Å². The van der Waals surface area contributed by atoms with Gasteiger partial charge in [0.25, 0.3) is 0 Å². The first-order valence-corrected chi connectivity index (χ1v) is 14.1. The lowest BCUT2D eigenvalue weighted by Crippen LogP contribution is -2.38. The van der Waals surface area contributed by atoms with Crippen molar-refractivity contribution in [2.24, 2.45) is 7.05 Å². The highest BCUT2D eigenvalue weighted by Crippen LogP contribution is 2.33. The third-order valence-electron chi connectivity index (χ3n) is 8.32. The zero-order valence-electron chi connectivity index (χ0n) is 23.4. The molecule has 4 aromatic rings. The average molecular weight is 556 g/mol. The van der Waals surface area contributed by atoms with Crippen LogP contribution in [0.25, 0.3) is 11.0 Å². The van der Waals surface area contributed by atoms with E-state index in [0.29, 0.717) is 23.5 Å². The maximum Gasteiger partial charge on any atom is 0.213 e. The van der Waals surface area contributed by atoms with Crippen molar-refractivity contribution < 1.29 is 18.6 Å². The molecule has 0 bridgehead atoms. The molecule has 0 atom stereocenters. The zero-order valence-corrected chi connectivity index (χ0v) is 23.4. The van der Waals surface area contributed by atoms with Crippen molar-refractivity contribution in [2.45, 2.75) is 57.0 Å². The van der Waals surface area contributed by atoms with Crippen LogP contribution in [-0.2, 0) is 24.9 Å². The number of aryl methyl sites for hydroxylation is 1. The van der Waals surface area contributed by atoms with E-state index in [1.807, 2.05) is 30.3 Å². The fraction of sp³-hybridized carbons (Fsp3) is 0.406. The number of likely N-dealkylation sites (tertiary alicyclic amines) is 1. The fourth-order valence-corrected chi connectivity index (χ4v) is 5.67. The van der Waals surface area contributed by atoms with Gasteiger partial charge in [-0.15, -0.1) is 0 Å². The Balaban J connectivity index is 1.05. The summed E-state index contributed by atoms with van der Waals surface area (Å²) in [6, 6.07) is 18.3. The summed E-state index contributed by atoms with van der Waals surface area (Å²) in [4.78, 5) is 12.2. The number of ether oxygens (including phenoxy) is 3. The van der Waals surface area contributed by atoms with Gasteiger partial charge in [0.2, 0.25) is 5.88 Å². The van der Waals surface area contributed by atoms with E-state index in [-0.39, 0.29) is 18.3 Å². The first kappa shape index (κ1) is 27.2. The Morgan fingerprint density at radius 2 is 1.83 bits per heavy atom. The molecule has 41 heavy (non-hydrogen) atoms. The van der Waals surface area contributed by atoms with Crippen molar-refractivity contribution in [3.8, 4) is 17.7 Å². The largest absolute Gasteiger partial charge is 0.488 e. The van der Waals surface area contributed by atoms with Crippen LogP contribution in [0.2, 0.25) is 0 Å². The highest BCUT2D eigenvalue weighted by molar-refractivity contribution is 5.82. The number of nitrogens with zero attached hydrogens (tertiary/aromatic N) is 5. The molecule has 2 aromatic carbocycles. The van der Waals surface area contributed by atoms with Crippen molar-refractivity contribution in [1.29, 1.82) is 5.26 Å². The Hall–Kier alpha value is -4.00. The molecule has 1 aliphatic carbocycles. The lowest BCUT2D eigenvalue weighted by atomic mass is 9.92. The summed E-state index contributed by atoms with van der Waals surface area (Å²) < 4.78 is 33.9. The molecule has 212 valence electrons. The molecule has 1 saturated heterocycles. The minimum atomic E-state index is -0.449. The maximum absolute atomic E-state index is 14.2. The molecule has 2 aromatic heterocycles. The van der Waals surface area contributed by atoms with Gasteiger partial charge in [0, 0.05) is 50.2 Å². The van der Waals surface area contributed by atoms with E-state index >= 15 is 0 Å². The van der Waals surface area contributed by atoms with Gasteiger partial charge in [-0.3, -0.25) is 4.90 Å². The second-order valence-corrected chi connectivity index (χ2v) is 10.9. The number of aromatic nitrogens is 3. The minimum absolute atomic E-state index is 0.0611. The van der Waals surface area contributed by atoms with Crippen molar-refractivity contribution in [2.75, 3.05) is 20.2 Å². The van der Waals surface area contributed by atoms with Crippen molar-refractivity contribution in [3.05, 3.63) is 83.1 Å². The maximum atomic E-state index is 14.2. The molecule has 2 aliphatic rings. The van der Waals surface area contributed by atoms with E-state index in [1.165, 1.54) is 6.07 Å². The van der Waals surface area contributed by atoms with Crippen LogP contribution in [0.4, 0.5) is 4.39 Å². The minimum Gasteiger partial charge on any atom is -0.488 e. The number of methoxy groups -OCH3 is 1. The molecule has 1 saturated carbocycles. The van der Waals surface area contributed by atoms with Crippen LogP contribution in [-0.4, -0.2) is 51.8 Å². The second kappa shape index (κ2) is 11.9. The topological polar surface area (TPSA) is 85.4 Å². The Kier molecular flexibility index (Phi) is 7.86. The van der Waals surface area contributed by atoms with E-state index < -0.39 is 5.82 Å². The quantitative estimate of drug-likeness (QED) is 0.270. The van der Waals surface area contributed by atoms with Gasteiger partial charge in [0.05, 0.1) is 29.8 Å². The molecule has 2 fully saturated rings. The number of hydrogen-bond acceptors (Lipinski definition) is 7. The average Bonchev–Trinajstić information content (AvgIpc) is 3.30. The molecule has 0 radical (unpaired) electrons. The summed E-state index contributed by atoms with van der Waals surface area (Å²) >= 11 is 0. The molecule has 8 nitrogen and oxygen atoms in total. The van der Waals surface area contributed by atoms with Gasteiger partial charge in [0.1, 0.15) is 35.6 Å². The normalized spacial score (nSPS) is 19.6. The van der Waals surface area contributed by atoms with Gasteiger partial charge in [-0.1, -0.05) is 18.2 Å². The van der Waals surface area contributed by atoms with Gasteiger partial charge >= 0.3 is 0 Å². The molecule has 0 amide bonds. The van der Waals surface area contributed by atoms with Gasteiger partial charge in [-0.05, 0) is 56.3 Å². The van der Waals surface area contributed by atoms with Crippen LogP contribution in [0, 0.1) is 17.1 Å². The molecule has 1 aliphatic heterocycles. The smallest absolute Gasteiger partial charge is 0.213 e. The van der Waals surface area contributed by atoms with Crippen LogP contribution in [0.3, 0.4) is 0 Å². The van der Waals surface area contributed by atoms with Crippen molar-refractivity contribution >= 4 is 11.0 Å². The van der Waals surface area contributed by atoms with Gasteiger partial charge in [-0.25, -0.2) is 14.4 Å².